The number of carbonyl (C=O) groups excluding carboxylic acids is 5. The summed E-state index contributed by atoms with van der Waals surface area (Å²) in [6, 6.07) is 12.4. The summed E-state index contributed by atoms with van der Waals surface area (Å²) in [6.07, 6.45) is -0.168. The highest BCUT2D eigenvalue weighted by atomic mass is 35.5. The van der Waals surface area contributed by atoms with Gasteiger partial charge in [-0.05, 0) is 43.3 Å². The van der Waals surface area contributed by atoms with Crippen molar-refractivity contribution in [1.29, 1.82) is 0 Å². The number of ether oxygens (including phenoxy) is 2. The SMILES string of the molecule is CCOC(=O)c1ccc(NC(=O)COC(=O)[C@@H]2CC(=O)N(NC(=O)c3ccccc3Cl)C2)cc1. The van der Waals surface area contributed by atoms with Crippen molar-refractivity contribution in [2.24, 2.45) is 5.92 Å². The lowest BCUT2D eigenvalue weighted by atomic mass is 10.1. The van der Waals surface area contributed by atoms with Gasteiger partial charge in [-0.3, -0.25) is 29.6 Å². The fourth-order valence-corrected chi connectivity index (χ4v) is 3.38. The number of hydrogen-bond acceptors (Lipinski definition) is 7. The molecule has 1 saturated heterocycles. The molecule has 0 aliphatic carbocycles. The molecule has 3 rings (SSSR count). The summed E-state index contributed by atoms with van der Waals surface area (Å²) in [5.41, 5.74) is 3.36. The van der Waals surface area contributed by atoms with E-state index in [0.29, 0.717) is 11.3 Å². The number of anilines is 1. The topological polar surface area (TPSA) is 131 Å². The summed E-state index contributed by atoms with van der Waals surface area (Å²) in [7, 11) is 0. The van der Waals surface area contributed by atoms with Crippen LogP contribution in [0.3, 0.4) is 0 Å². The first-order valence-electron chi connectivity index (χ1n) is 10.4. The Bertz CT molecular complexity index is 1100. The average molecular weight is 488 g/mol. The van der Waals surface area contributed by atoms with E-state index in [-0.39, 0.29) is 30.2 Å². The molecule has 1 aliphatic rings. The lowest BCUT2D eigenvalue weighted by Crippen LogP contribution is -2.43. The molecule has 2 N–H and O–H groups in total. The van der Waals surface area contributed by atoms with Crippen LogP contribution in [0.2, 0.25) is 5.02 Å². The average Bonchev–Trinajstić information content (AvgIpc) is 3.18. The fraction of sp³-hybridized carbons (Fsp3) is 0.261. The zero-order chi connectivity index (χ0) is 24.7. The second kappa shape index (κ2) is 11.3. The second-order valence-electron chi connectivity index (χ2n) is 7.28. The van der Waals surface area contributed by atoms with Crippen LogP contribution in [0.4, 0.5) is 5.69 Å². The highest BCUT2D eigenvalue weighted by Crippen LogP contribution is 2.20. The molecule has 0 radical (unpaired) electrons. The van der Waals surface area contributed by atoms with E-state index in [1.54, 1.807) is 25.1 Å². The zero-order valence-corrected chi connectivity index (χ0v) is 19.0. The molecule has 0 saturated carbocycles. The lowest BCUT2D eigenvalue weighted by Gasteiger charge is -2.18. The molecule has 0 aromatic heterocycles. The molecule has 0 bridgehead atoms. The lowest BCUT2D eigenvalue weighted by molar-refractivity contribution is -0.151. The molecule has 3 amide bonds. The van der Waals surface area contributed by atoms with Crippen LogP contribution >= 0.6 is 11.6 Å². The molecule has 1 atom stereocenters. The number of carbonyl (C=O) groups is 5. The van der Waals surface area contributed by atoms with E-state index < -0.39 is 42.2 Å². The van der Waals surface area contributed by atoms with Gasteiger partial charge in [0.05, 0.1) is 35.2 Å². The summed E-state index contributed by atoms with van der Waals surface area (Å²) in [5.74, 6) is -3.69. The van der Waals surface area contributed by atoms with Crippen molar-refractivity contribution >= 4 is 46.9 Å². The van der Waals surface area contributed by atoms with E-state index in [2.05, 4.69) is 10.7 Å². The van der Waals surface area contributed by atoms with Crippen molar-refractivity contribution in [3.63, 3.8) is 0 Å². The molecule has 1 fully saturated rings. The molecule has 0 spiro atoms. The molecule has 2 aromatic carbocycles. The molecule has 0 unspecified atom stereocenters. The number of benzene rings is 2. The van der Waals surface area contributed by atoms with E-state index in [1.807, 2.05) is 0 Å². The number of nitrogens with one attached hydrogen (secondary N) is 2. The van der Waals surface area contributed by atoms with Gasteiger partial charge >= 0.3 is 11.9 Å². The van der Waals surface area contributed by atoms with Crippen LogP contribution in [0.1, 0.15) is 34.1 Å². The van der Waals surface area contributed by atoms with Crippen LogP contribution in [0, 0.1) is 5.92 Å². The predicted molar refractivity (Wildman–Crippen MR) is 121 cm³/mol. The smallest absolute Gasteiger partial charge is 0.338 e. The number of esters is 2. The Morgan fingerprint density at radius 2 is 1.76 bits per heavy atom. The third-order valence-corrected chi connectivity index (χ3v) is 5.17. The molecular formula is C23H22ClN3O7. The van der Waals surface area contributed by atoms with Gasteiger partial charge in [0, 0.05) is 12.1 Å². The third-order valence-electron chi connectivity index (χ3n) is 4.84. The largest absolute Gasteiger partial charge is 0.462 e. The fourth-order valence-electron chi connectivity index (χ4n) is 3.16. The minimum Gasteiger partial charge on any atom is -0.462 e. The van der Waals surface area contributed by atoms with Gasteiger partial charge in [-0.1, -0.05) is 23.7 Å². The number of nitrogens with zero attached hydrogens (tertiary/aromatic N) is 1. The van der Waals surface area contributed by atoms with Crippen molar-refractivity contribution in [2.45, 2.75) is 13.3 Å². The maximum Gasteiger partial charge on any atom is 0.338 e. The van der Waals surface area contributed by atoms with E-state index in [4.69, 9.17) is 21.1 Å². The van der Waals surface area contributed by atoms with Crippen LogP contribution in [0.5, 0.6) is 0 Å². The Morgan fingerprint density at radius 3 is 2.44 bits per heavy atom. The van der Waals surface area contributed by atoms with E-state index in [0.717, 1.165) is 5.01 Å². The predicted octanol–water partition coefficient (Wildman–Crippen LogP) is 2.19. The number of hydrazine groups is 1. The summed E-state index contributed by atoms with van der Waals surface area (Å²) >= 11 is 5.99. The summed E-state index contributed by atoms with van der Waals surface area (Å²) < 4.78 is 9.91. The van der Waals surface area contributed by atoms with Crippen LogP contribution in [0.25, 0.3) is 0 Å². The minimum absolute atomic E-state index is 0.0925. The highest BCUT2D eigenvalue weighted by molar-refractivity contribution is 6.33. The van der Waals surface area contributed by atoms with Gasteiger partial charge in [-0.2, -0.15) is 0 Å². The number of amides is 3. The normalized spacial score (nSPS) is 14.9. The first-order valence-corrected chi connectivity index (χ1v) is 10.8. The second-order valence-corrected chi connectivity index (χ2v) is 7.69. The Morgan fingerprint density at radius 1 is 1.06 bits per heavy atom. The first kappa shape index (κ1) is 24.7. The van der Waals surface area contributed by atoms with E-state index >= 15 is 0 Å². The van der Waals surface area contributed by atoms with Gasteiger partial charge in [-0.25, -0.2) is 4.79 Å². The van der Waals surface area contributed by atoms with Crippen molar-refractivity contribution in [2.75, 3.05) is 25.1 Å². The zero-order valence-electron chi connectivity index (χ0n) is 18.2. The van der Waals surface area contributed by atoms with Crippen LogP contribution in [0.15, 0.2) is 48.5 Å². The number of rotatable bonds is 8. The van der Waals surface area contributed by atoms with Crippen molar-refractivity contribution in [1.82, 2.24) is 10.4 Å². The van der Waals surface area contributed by atoms with E-state index in [9.17, 15) is 24.0 Å². The summed E-state index contributed by atoms with van der Waals surface area (Å²) in [6.45, 7) is 1.30. The van der Waals surface area contributed by atoms with Crippen molar-refractivity contribution in [3.05, 3.63) is 64.7 Å². The Labute approximate surface area is 200 Å². The third kappa shape index (κ3) is 6.32. The van der Waals surface area contributed by atoms with Crippen molar-refractivity contribution < 1.29 is 33.4 Å². The maximum absolute atomic E-state index is 12.3. The molecule has 34 heavy (non-hydrogen) atoms. The molecule has 11 heteroatoms. The quantitative estimate of drug-likeness (QED) is 0.545. The van der Waals surface area contributed by atoms with Crippen LogP contribution < -0.4 is 10.7 Å². The van der Waals surface area contributed by atoms with Gasteiger partial charge in [-0.15, -0.1) is 0 Å². The molecular weight excluding hydrogens is 466 g/mol. The molecule has 1 aliphatic heterocycles. The Balaban J connectivity index is 1.46. The number of halogens is 1. The summed E-state index contributed by atoms with van der Waals surface area (Å²) in [4.78, 5) is 60.6. The molecule has 10 nitrogen and oxygen atoms in total. The van der Waals surface area contributed by atoms with E-state index in [1.165, 1.54) is 30.3 Å². The minimum atomic E-state index is -0.837. The highest BCUT2D eigenvalue weighted by Gasteiger charge is 2.37. The standard InChI is InChI=1S/C23H22ClN3O7/c1-2-33-22(31)14-7-9-16(10-8-14)25-19(28)13-34-23(32)15-11-20(29)27(12-15)26-21(30)17-5-3-4-6-18(17)24/h3-10,15H,2,11-13H2,1H3,(H,25,28)(H,26,30)/t15-/m1/s1. The summed E-state index contributed by atoms with van der Waals surface area (Å²) in [5, 5.41) is 3.79. The van der Waals surface area contributed by atoms with Crippen molar-refractivity contribution in [3.8, 4) is 0 Å². The van der Waals surface area contributed by atoms with Gasteiger partial charge in [0.1, 0.15) is 0 Å². The van der Waals surface area contributed by atoms with Gasteiger partial charge in [0.2, 0.25) is 5.91 Å². The Kier molecular flexibility index (Phi) is 8.20. The van der Waals surface area contributed by atoms with Crippen LogP contribution in [-0.4, -0.2) is 54.4 Å². The van der Waals surface area contributed by atoms with Gasteiger partial charge in [0.25, 0.3) is 11.8 Å². The van der Waals surface area contributed by atoms with Gasteiger partial charge in [0.15, 0.2) is 6.61 Å². The molecule has 1 heterocycles. The number of hydrogen-bond donors (Lipinski definition) is 2. The van der Waals surface area contributed by atoms with Gasteiger partial charge < -0.3 is 14.8 Å². The maximum atomic E-state index is 12.3. The molecule has 178 valence electrons. The first-order chi connectivity index (χ1) is 16.3. The molecule has 2 aromatic rings. The monoisotopic (exact) mass is 487 g/mol. The Hall–Kier alpha value is -3.92. The van der Waals surface area contributed by atoms with Crippen LogP contribution in [-0.2, 0) is 23.9 Å².